The molecule has 0 bridgehead atoms. The SMILES string of the molecule is CC(C)(C)NC(=O)CN1CCC(CNC(=O)Cc2ccc(F)cc2)CC1. The van der Waals surface area contributed by atoms with Gasteiger partial charge in [-0.15, -0.1) is 0 Å². The molecule has 0 saturated carbocycles. The van der Waals surface area contributed by atoms with Crippen molar-refractivity contribution in [3.05, 3.63) is 35.6 Å². The minimum atomic E-state index is -0.294. The van der Waals surface area contributed by atoms with Gasteiger partial charge in [-0.1, -0.05) is 12.1 Å². The van der Waals surface area contributed by atoms with E-state index < -0.39 is 0 Å². The molecule has 0 aliphatic carbocycles. The topological polar surface area (TPSA) is 61.4 Å². The van der Waals surface area contributed by atoms with Crippen molar-refractivity contribution in [1.82, 2.24) is 15.5 Å². The molecule has 0 spiro atoms. The Hall–Kier alpha value is -1.95. The van der Waals surface area contributed by atoms with E-state index in [2.05, 4.69) is 15.5 Å². The van der Waals surface area contributed by atoms with Crippen molar-refractivity contribution in [2.75, 3.05) is 26.2 Å². The molecule has 1 aromatic carbocycles. The Kier molecular flexibility index (Phi) is 7.14. The lowest BCUT2D eigenvalue weighted by Gasteiger charge is -2.32. The van der Waals surface area contributed by atoms with Crippen LogP contribution in [-0.4, -0.2) is 48.4 Å². The molecule has 0 radical (unpaired) electrons. The monoisotopic (exact) mass is 363 g/mol. The molecule has 2 N–H and O–H groups in total. The summed E-state index contributed by atoms with van der Waals surface area (Å²) in [5, 5.41) is 5.95. The Labute approximate surface area is 155 Å². The summed E-state index contributed by atoms with van der Waals surface area (Å²) >= 11 is 0. The lowest BCUT2D eigenvalue weighted by molar-refractivity contribution is -0.124. The van der Waals surface area contributed by atoms with E-state index in [0.29, 0.717) is 19.0 Å². The molecule has 1 aromatic rings. The number of amides is 2. The van der Waals surface area contributed by atoms with Gasteiger partial charge >= 0.3 is 0 Å². The quantitative estimate of drug-likeness (QED) is 0.814. The van der Waals surface area contributed by atoms with Gasteiger partial charge in [0.05, 0.1) is 13.0 Å². The molecule has 0 unspecified atom stereocenters. The van der Waals surface area contributed by atoms with Gasteiger partial charge < -0.3 is 10.6 Å². The Bertz CT molecular complexity index is 602. The number of benzene rings is 1. The van der Waals surface area contributed by atoms with E-state index in [9.17, 15) is 14.0 Å². The van der Waals surface area contributed by atoms with Crippen LogP contribution < -0.4 is 10.6 Å². The van der Waals surface area contributed by atoms with Crippen LogP contribution in [0.15, 0.2) is 24.3 Å². The predicted octanol–water partition coefficient (Wildman–Crippen LogP) is 2.11. The van der Waals surface area contributed by atoms with E-state index in [0.717, 1.165) is 31.5 Å². The van der Waals surface area contributed by atoms with Gasteiger partial charge in [0.2, 0.25) is 11.8 Å². The van der Waals surface area contributed by atoms with Crippen LogP contribution in [0, 0.1) is 11.7 Å². The molecule has 0 atom stereocenters. The summed E-state index contributed by atoms with van der Waals surface area (Å²) in [6, 6.07) is 6.01. The van der Waals surface area contributed by atoms with Crippen molar-refractivity contribution < 1.29 is 14.0 Å². The van der Waals surface area contributed by atoms with E-state index in [4.69, 9.17) is 0 Å². The standard InChI is InChI=1S/C20H30FN3O2/c1-20(2,3)23-19(26)14-24-10-8-16(9-11-24)13-22-18(25)12-15-4-6-17(21)7-5-15/h4-7,16H,8-14H2,1-3H3,(H,22,25)(H,23,26). The highest BCUT2D eigenvalue weighted by molar-refractivity contribution is 5.79. The van der Waals surface area contributed by atoms with Gasteiger partial charge in [-0.3, -0.25) is 14.5 Å². The highest BCUT2D eigenvalue weighted by atomic mass is 19.1. The van der Waals surface area contributed by atoms with Crippen LogP contribution >= 0.6 is 0 Å². The van der Waals surface area contributed by atoms with Crippen LogP contribution in [-0.2, 0) is 16.0 Å². The number of piperidine rings is 1. The van der Waals surface area contributed by atoms with Gasteiger partial charge in [0.1, 0.15) is 5.82 Å². The minimum Gasteiger partial charge on any atom is -0.356 e. The van der Waals surface area contributed by atoms with Crippen LogP contribution in [0.1, 0.15) is 39.2 Å². The van der Waals surface area contributed by atoms with Crippen LogP contribution in [0.4, 0.5) is 4.39 Å². The molecule has 6 heteroatoms. The van der Waals surface area contributed by atoms with Crippen molar-refractivity contribution >= 4 is 11.8 Å². The maximum absolute atomic E-state index is 12.9. The number of carbonyl (C=O) groups is 2. The smallest absolute Gasteiger partial charge is 0.234 e. The molecule has 1 heterocycles. The zero-order valence-electron chi connectivity index (χ0n) is 16.0. The molecular formula is C20H30FN3O2. The van der Waals surface area contributed by atoms with E-state index in [1.54, 1.807) is 12.1 Å². The minimum absolute atomic E-state index is 0.0383. The first kappa shape index (κ1) is 20.4. The third-order valence-corrected chi connectivity index (χ3v) is 4.45. The van der Waals surface area contributed by atoms with Crippen molar-refractivity contribution in [2.45, 2.75) is 45.6 Å². The Morgan fingerprint density at radius 3 is 2.31 bits per heavy atom. The largest absolute Gasteiger partial charge is 0.356 e. The number of hydrogen-bond donors (Lipinski definition) is 2. The highest BCUT2D eigenvalue weighted by Gasteiger charge is 2.22. The van der Waals surface area contributed by atoms with Crippen LogP contribution in [0.2, 0.25) is 0 Å². The van der Waals surface area contributed by atoms with Crippen molar-refractivity contribution in [3.63, 3.8) is 0 Å². The van der Waals surface area contributed by atoms with Gasteiger partial charge in [-0.25, -0.2) is 4.39 Å². The highest BCUT2D eigenvalue weighted by Crippen LogP contribution is 2.16. The molecule has 2 rings (SSSR count). The van der Waals surface area contributed by atoms with E-state index in [1.165, 1.54) is 12.1 Å². The first-order chi connectivity index (χ1) is 12.2. The van der Waals surface area contributed by atoms with Crippen molar-refractivity contribution in [1.29, 1.82) is 0 Å². The lowest BCUT2D eigenvalue weighted by atomic mass is 9.96. The lowest BCUT2D eigenvalue weighted by Crippen LogP contribution is -2.48. The van der Waals surface area contributed by atoms with E-state index in [-0.39, 0.29) is 29.6 Å². The van der Waals surface area contributed by atoms with Crippen LogP contribution in [0.3, 0.4) is 0 Å². The second-order valence-corrected chi connectivity index (χ2v) is 8.13. The normalized spacial score (nSPS) is 16.3. The molecule has 0 aromatic heterocycles. The van der Waals surface area contributed by atoms with Gasteiger partial charge in [0.25, 0.3) is 0 Å². The summed E-state index contributed by atoms with van der Waals surface area (Å²) in [5.41, 5.74) is 0.605. The van der Waals surface area contributed by atoms with Crippen molar-refractivity contribution in [3.8, 4) is 0 Å². The van der Waals surface area contributed by atoms with Gasteiger partial charge in [0, 0.05) is 12.1 Å². The first-order valence-electron chi connectivity index (χ1n) is 9.26. The molecule has 5 nitrogen and oxygen atoms in total. The molecule has 2 amide bonds. The first-order valence-corrected chi connectivity index (χ1v) is 9.26. The van der Waals surface area contributed by atoms with E-state index in [1.807, 2.05) is 20.8 Å². The summed E-state index contributed by atoms with van der Waals surface area (Å²) in [4.78, 5) is 26.2. The van der Waals surface area contributed by atoms with Crippen molar-refractivity contribution in [2.24, 2.45) is 5.92 Å². The fraction of sp³-hybridized carbons (Fsp3) is 0.600. The number of carbonyl (C=O) groups excluding carboxylic acids is 2. The summed E-state index contributed by atoms with van der Waals surface area (Å²) in [6.07, 6.45) is 2.21. The fourth-order valence-electron chi connectivity index (χ4n) is 3.12. The molecule has 1 fully saturated rings. The summed E-state index contributed by atoms with van der Waals surface area (Å²) in [5.74, 6) is 0.165. The Morgan fingerprint density at radius 1 is 1.12 bits per heavy atom. The number of nitrogens with zero attached hydrogens (tertiary/aromatic N) is 1. The Morgan fingerprint density at radius 2 is 1.73 bits per heavy atom. The number of halogens is 1. The summed E-state index contributed by atoms with van der Waals surface area (Å²) in [6.45, 7) is 8.76. The van der Waals surface area contributed by atoms with Gasteiger partial charge in [-0.2, -0.15) is 0 Å². The maximum atomic E-state index is 12.9. The van der Waals surface area contributed by atoms with Gasteiger partial charge in [0.15, 0.2) is 0 Å². The third-order valence-electron chi connectivity index (χ3n) is 4.45. The second kappa shape index (κ2) is 9.12. The molecule has 144 valence electrons. The second-order valence-electron chi connectivity index (χ2n) is 8.13. The zero-order chi connectivity index (χ0) is 19.2. The van der Waals surface area contributed by atoms with Gasteiger partial charge in [-0.05, 0) is 70.3 Å². The van der Waals surface area contributed by atoms with Crippen LogP contribution in [0.25, 0.3) is 0 Å². The summed E-state index contributed by atoms with van der Waals surface area (Å²) < 4.78 is 12.9. The molecule has 1 saturated heterocycles. The molecule has 1 aliphatic rings. The molecule has 1 aliphatic heterocycles. The average molecular weight is 363 g/mol. The van der Waals surface area contributed by atoms with Crippen LogP contribution in [0.5, 0.6) is 0 Å². The number of rotatable bonds is 6. The molecular weight excluding hydrogens is 333 g/mol. The average Bonchev–Trinajstić information content (AvgIpc) is 2.54. The Balaban J connectivity index is 1.64. The van der Waals surface area contributed by atoms with E-state index >= 15 is 0 Å². The fourth-order valence-corrected chi connectivity index (χ4v) is 3.12. The maximum Gasteiger partial charge on any atom is 0.234 e. The summed E-state index contributed by atoms with van der Waals surface area (Å²) in [7, 11) is 0. The molecule has 26 heavy (non-hydrogen) atoms. The number of nitrogens with one attached hydrogen (secondary N) is 2. The predicted molar refractivity (Wildman–Crippen MR) is 100 cm³/mol. The number of likely N-dealkylation sites (tertiary alicyclic amines) is 1. The third kappa shape index (κ3) is 7.52. The number of hydrogen-bond acceptors (Lipinski definition) is 3. The zero-order valence-corrected chi connectivity index (χ0v) is 16.0.